The van der Waals surface area contributed by atoms with Crippen LogP contribution in [0.4, 0.5) is 0 Å². The maximum atomic E-state index is 11.7. The number of ether oxygens (including phenoxy) is 1. The van der Waals surface area contributed by atoms with Gasteiger partial charge in [-0.15, -0.1) is 0 Å². The van der Waals surface area contributed by atoms with E-state index in [0.29, 0.717) is 12.0 Å². The van der Waals surface area contributed by atoms with Gasteiger partial charge in [0.25, 0.3) is 0 Å². The van der Waals surface area contributed by atoms with Gasteiger partial charge in [-0.3, -0.25) is 10.2 Å². The van der Waals surface area contributed by atoms with E-state index in [9.17, 15) is 4.79 Å². The summed E-state index contributed by atoms with van der Waals surface area (Å²) in [6.45, 7) is 0. The van der Waals surface area contributed by atoms with Crippen molar-refractivity contribution >= 4 is 11.8 Å². The molecule has 4 heteroatoms. The largest absolute Gasteiger partial charge is 0.469 e. The van der Waals surface area contributed by atoms with Crippen LogP contribution in [0.5, 0.6) is 0 Å². The summed E-state index contributed by atoms with van der Waals surface area (Å²) in [4.78, 5) is 11.7. The van der Waals surface area contributed by atoms with Crippen molar-refractivity contribution in [3.05, 3.63) is 71.3 Å². The van der Waals surface area contributed by atoms with Gasteiger partial charge in [-0.1, -0.05) is 48.5 Å². The second-order valence-corrected chi connectivity index (χ2v) is 5.54. The van der Waals surface area contributed by atoms with E-state index in [-0.39, 0.29) is 17.7 Å². The van der Waals surface area contributed by atoms with Crippen LogP contribution < -0.4 is 5.73 Å². The van der Waals surface area contributed by atoms with E-state index < -0.39 is 0 Å². The van der Waals surface area contributed by atoms with Gasteiger partial charge in [0.15, 0.2) is 0 Å². The molecule has 0 aliphatic heterocycles. The van der Waals surface area contributed by atoms with Crippen molar-refractivity contribution < 1.29 is 9.53 Å². The molecule has 3 N–H and O–H groups in total. The molecule has 0 amide bonds. The van der Waals surface area contributed by atoms with Gasteiger partial charge in [0, 0.05) is 5.56 Å². The minimum Gasteiger partial charge on any atom is -0.469 e. The normalized spacial score (nSPS) is 11.7. The van der Waals surface area contributed by atoms with Gasteiger partial charge in [0.05, 0.1) is 13.5 Å². The molecule has 1 atom stereocenters. The molecule has 0 saturated heterocycles. The number of benzene rings is 2. The maximum absolute atomic E-state index is 11.7. The molecule has 23 heavy (non-hydrogen) atoms. The summed E-state index contributed by atoms with van der Waals surface area (Å²) in [5.74, 6) is -0.148. The number of methoxy groups -OCH3 is 1. The van der Waals surface area contributed by atoms with Crippen molar-refractivity contribution in [3.8, 4) is 0 Å². The molecule has 2 aromatic carbocycles. The molecule has 0 aromatic heterocycles. The number of nitrogens with two attached hydrogens (primary N) is 1. The first-order valence-electron chi connectivity index (χ1n) is 7.65. The molecule has 0 saturated carbocycles. The summed E-state index contributed by atoms with van der Waals surface area (Å²) in [5, 5.41) is 7.57. The van der Waals surface area contributed by atoms with E-state index in [2.05, 4.69) is 12.1 Å². The molecule has 0 spiro atoms. The molecular weight excluding hydrogens is 288 g/mol. The molecular formula is C19H22N2O2. The SMILES string of the molecule is COC(=O)CC(CCc1ccccc1)c1cccc(C(=N)N)c1. The average Bonchev–Trinajstić information content (AvgIpc) is 2.59. The predicted octanol–water partition coefficient (Wildman–Crippen LogP) is 3.25. The van der Waals surface area contributed by atoms with Crippen LogP contribution in [-0.4, -0.2) is 18.9 Å². The van der Waals surface area contributed by atoms with Crippen molar-refractivity contribution in [1.29, 1.82) is 5.41 Å². The van der Waals surface area contributed by atoms with Crippen molar-refractivity contribution in [2.75, 3.05) is 7.11 Å². The van der Waals surface area contributed by atoms with Crippen LogP contribution in [0, 0.1) is 5.41 Å². The Balaban J connectivity index is 2.17. The van der Waals surface area contributed by atoms with Crippen LogP contribution in [0.2, 0.25) is 0 Å². The first kappa shape index (κ1) is 16.7. The third-order valence-electron chi connectivity index (χ3n) is 3.93. The zero-order valence-electron chi connectivity index (χ0n) is 13.3. The highest BCUT2D eigenvalue weighted by molar-refractivity contribution is 5.95. The third kappa shape index (κ3) is 4.95. The molecule has 0 aliphatic rings. The van der Waals surface area contributed by atoms with Gasteiger partial charge in [-0.2, -0.15) is 0 Å². The maximum Gasteiger partial charge on any atom is 0.306 e. The van der Waals surface area contributed by atoms with Gasteiger partial charge in [0.1, 0.15) is 5.84 Å². The lowest BCUT2D eigenvalue weighted by atomic mass is 9.88. The van der Waals surface area contributed by atoms with E-state index >= 15 is 0 Å². The van der Waals surface area contributed by atoms with Gasteiger partial charge < -0.3 is 10.5 Å². The first-order chi connectivity index (χ1) is 11.1. The fraction of sp³-hybridized carbons (Fsp3) is 0.263. The molecule has 0 bridgehead atoms. The lowest BCUT2D eigenvalue weighted by Gasteiger charge is -2.17. The summed E-state index contributed by atoms with van der Waals surface area (Å²) < 4.78 is 4.83. The summed E-state index contributed by atoms with van der Waals surface area (Å²) in [5.41, 5.74) is 8.50. The number of esters is 1. The van der Waals surface area contributed by atoms with Crippen molar-refractivity contribution in [1.82, 2.24) is 0 Å². The van der Waals surface area contributed by atoms with Gasteiger partial charge in [0.2, 0.25) is 0 Å². The molecule has 4 nitrogen and oxygen atoms in total. The average molecular weight is 310 g/mol. The van der Waals surface area contributed by atoms with Gasteiger partial charge >= 0.3 is 5.97 Å². The van der Waals surface area contributed by atoms with Crippen molar-refractivity contribution in [2.45, 2.75) is 25.2 Å². The Hall–Kier alpha value is -2.62. The second kappa shape index (κ2) is 8.13. The molecule has 2 rings (SSSR count). The number of carbonyl (C=O) groups excluding carboxylic acids is 1. The smallest absolute Gasteiger partial charge is 0.306 e. The predicted molar refractivity (Wildman–Crippen MR) is 91.6 cm³/mol. The fourth-order valence-electron chi connectivity index (χ4n) is 2.62. The highest BCUT2D eigenvalue weighted by Crippen LogP contribution is 2.26. The number of hydrogen-bond acceptors (Lipinski definition) is 3. The Morgan fingerprint density at radius 1 is 1.17 bits per heavy atom. The molecule has 0 radical (unpaired) electrons. The van der Waals surface area contributed by atoms with Crippen LogP contribution in [0.3, 0.4) is 0 Å². The summed E-state index contributed by atoms with van der Waals surface area (Å²) >= 11 is 0. The van der Waals surface area contributed by atoms with Crippen LogP contribution >= 0.6 is 0 Å². The molecule has 1 unspecified atom stereocenters. The quantitative estimate of drug-likeness (QED) is 0.468. The lowest BCUT2D eigenvalue weighted by molar-refractivity contribution is -0.141. The zero-order valence-corrected chi connectivity index (χ0v) is 13.3. The van der Waals surface area contributed by atoms with Crippen LogP contribution in [0.15, 0.2) is 54.6 Å². The Bertz CT molecular complexity index is 668. The van der Waals surface area contributed by atoms with E-state index in [0.717, 1.165) is 18.4 Å². The van der Waals surface area contributed by atoms with Crippen molar-refractivity contribution in [2.24, 2.45) is 5.73 Å². The van der Waals surface area contributed by atoms with E-state index in [1.54, 1.807) is 6.07 Å². The fourth-order valence-corrected chi connectivity index (χ4v) is 2.62. The summed E-state index contributed by atoms with van der Waals surface area (Å²) in [6, 6.07) is 17.7. The van der Waals surface area contributed by atoms with Crippen LogP contribution in [-0.2, 0) is 16.0 Å². The summed E-state index contributed by atoms with van der Waals surface area (Å²) in [7, 11) is 1.41. The Labute approximate surface area is 136 Å². The summed E-state index contributed by atoms with van der Waals surface area (Å²) in [6.07, 6.45) is 2.04. The number of hydrogen-bond donors (Lipinski definition) is 2. The van der Waals surface area contributed by atoms with E-state index in [1.165, 1.54) is 12.7 Å². The topological polar surface area (TPSA) is 76.2 Å². The van der Waals surface area contributed by atoms with E-state index in [4.69, 9.17) is 15.9 Å². The number of amidine groups is 1. The standard InChI is InChI=1S/C19H22N2O2/c1-23-18(22)13-16(11-10-14-6-3-2-4-7-14)15-8-5-9-17(12-15)19(20)21/h2-9,12,16H,10-11,13H2,1H3,(H3,20,21). The molecule has 2 aromatic rings. The minimum atomic E-state index is -0.226. The monoisotopic (exact) mass is 310 g/mol. The third-order valence-corrected chi connectivity index (χ3v) is 3.93. The second-order valence-electron chi connectivity index (χ2n) is 5.54. The molecule has 0 heterocycles. The first-order valence-corrected chi connectivity index (χ1v) is 7.65. The number of rotatable bonds is 7. The number of carbonyl (C=O) groups is 1. The Morgan fingerprint density at radius 3 is 2.57 bits per heavy atom. The van der Waals surface area contributed by atoms with Crippen molar-refractivity contribution in [3.63, 3.8) is 0 Å². The lowest BCUT2D eigenvalue weighted by Crippen LogP contribution is -2.13. The highest BCUT2D eigenvalue weighted by Gasteiger charge is 2.17. The van der Waals surface area contributed by atoms with Gasteiger partial charge in [-0.05, 0) is 36.0 Å². The molecule has 0 aliphatic carbocycles. The number of aryl methyl sites for hydroxylation is 1. The van der Waals surface area contributed by atoms with Gasteiger partial charge in [-0.25, -0.2) is 0 Å². The minimum absolute atomic E-state index is 0.0340. The van der Waals surface area contributed by atoms with Crippen LogP contribution in [0.25, 0.3) is 0 Å². The van der Waals surface area contributed by atoms with Crippen LogP contribution in [0.1, 0.15) is 35.4 Å². The highest BCUT2D eigenvalue weighted by atomic mass is 16.5. The molecule has 0 fully saturated rings. The molecule has 120 valence electrons. The number of nitrogen functional groups attached to an aromatic ring is 1. The Kier molecular flexibility index (Phi) is 5.92. The zero-order chi connectivity index (χ0) is 16.7. The van der Waals surface area contributed by atoms with E-state index in [1.807, 2.05) is 36.4 Å². The number of nitrogens with one attached hydrogen (secondary N) is 1. The Morgan fingerprint density at radius 2 is 1.91 bits per heavy atom.